The van der Waals surface area contributed by atoms with Crippen molar-refractivity contribution < 1.29 is 18.5 Å². The number of carbonyl (C=O) groups excluding carboxylic acids is 1. The van der Waals surface area contributed by atoms with Crippen LogP contribution in [0.15, 0.2) is 0 Å². The first-order valence-corrected chi connectivity index (χ1v) is 6.02. The lowest BCUT2D eigenvalue weighted by Crippen LogP contribution is -2.52. The molecule has 0 N–H and O–H groups in total. The molecule has 0 atom stereocenters. The van der Waals surface area contributed by atoms with Crippen LogP contribution in [0.3, 0.4) is 0 Å². The Balaban J connectivity index is 3.92. The Labute approximate surface area is 100.0 Å². The highest BCUT2D eigenvalue weighted by Crippen LogP contribution is 2.03. The van der Waals surface area contributed by atoms with Gasteiger partial charge in [0.1, 0.15) is 26.2 Å². The first-order chi connectivity index (χ1) is 7.33. The number of hydrogen-bond acceptors (Lipinski definition) is 2. The molecule has 0 unspecified atom stereocenters. The van der Waals surface area contributed by atoms with Crippen LogP contribution in [0.1, 0.15) is 13.3 Å². The predicted octanol–water partition coefficient (Wildman–Crippen LogP) is 0.722. The minimum atomic E-state index is 0.512. The van der Waals surface area contributed by atoms with Gasteiger partial charge in [0.2, 0.25) is 0 Å². The minimum Gasteiger partial charge on any atom is -0.462 e. The van der Waals surface area contributed by atoms with E-state index in [2.05, 4.69) is 35.1 Å². The van der Waals surface area contributed by atoms with Crippen LogP contribution in [0.4, 0.5) is 0 Å². The van der Waals surface area contributed by atoms with Gasteiger partial charge in [-0.3, -0.25) is 4.79 Å². The van der Waals surface area contributed by atoms with Crippen LogP contribution in [0, 0.1) is 0 Å². The lowest BCUT2D eigenvalue weighted by molar-refractivity contribution is -0.945. The first-order valence-electron chi connectivity index (χ1n) is 6.02. The second-order valence-corrected chi connectivity index (χ2v) is 5.73. The van der Waals surface area contributed by atoms with Gasteiger partial charge in [-0.1, -0.05) is 6.92 Å². The van der Waals surface area contributed by atoms with Gasteiger partial charge in [-0.15, -0.1) is 0 Å². The van der Waals surface area contributed by atoms with Crippen molar-refractivity contribution in [1.82, 2.24) is 0 Å². The summed E-state index contributed by atoms with van der Waals surface area (Å²) in [5.74, 6) is 0. The van der Waals surface area contributed by atoms with E-state index in [4.69, 9.17) is 4.74 Å². The van der Waals surface area contributed by atoms with E-state index in [-0.39, 0.29) is 0 Å². The normalized spacial score (nSPS) is 12.6. The highest BCUT2D eigenvalue weighted by molar-refractivity contribution is 5.36. The Morgan fingerprint density at radius 3 is 1.88 bits per heavy atom. The summed E-state index contributed by atoms with van der Waals surface area (Å²) in [5, 5.41) is 0. The summed E-state index contributed by atoms with van der Waals surface area (Å²) in [6.07, 6.45) is 1.22. The van der Waals surface area contributed by atoms with E-state index in [1.165, 1.54) is 13.0 Å². The minimum absolute atomic E-state index is 0.512. The molecule has 0 radical (unpaired) electrons. The molecule has 0 bridgehead atoms. The Morgan fingerprint density at radius 2 is 1.44 bits per heavy atom. The third kappa shape index (κ3) is 7.65. The third-order valence-electron chi connectivity index (χ3n) is 3.02. The van der Waals surface area contributed by atoms with Crippen LogP contribution in [0.5, 0.6) is 0 Å². The largest absolute Gasteiger partial charge is 0.462 e. The smallest absolute Gasteiger partial charge is 0.293 e. The summed E-state index contributed by atoms with van der Waals surface area (Å²) in [6, 6.07) is 0. The van der Waals surface area contributed by atoms with Crippen molar-refractivity contribution in [3.63, 3.8) is 0 Å². The Bertz CT molecular complexity index is 203. The van der Waals surface area contributed by atoms with E-state index in [1.807, 2.05) is 0 Å². The summed E-state index contributed by atoms with van der Waals surface area (Å²) >= 11 is 0. The van der Waals surface area contributed by atoms with E-state index in [9.17, 15) is 4.79 Å². The molecule has 4 nitrogen and oxygen atoms in total. The van der Waals surface area contributed by atoms with Gasteiger partial charge in [0.25, 0.3) is 6.47 Å². The third-order valence-corrected chi connectivity index (χ3v) is 3.02. The number of carbonyl (C=O) groups is 1. The van der Waals surface area contributed by atoms with Gasteiger partial charge in [0, 0.05) is 0 Å². The molecule has 0 rings (SSSR count). The van der Waals surface area contributed by atoms with Crippen LogP contribution in [0.2, 0.25) is 0 Å². The lowest BCUT2D eigenvalue weighted by Gasteiger charge is -2.35. The number of hydrogen-bond donors (Lipinski definition) is 0. The van der Waals surface area contributed by atoms with E-state index < -0.39 is 0 Å². The average molecular weight is 232 g/mol. The van der Waals surface area contributed by atoms with Crippen LogP contribution in [0.25, 0.3) is 0 Å². The van der Waals surface area contributed by atoms with Crippen molar-refractivity contribution >= 4 is 6.47 Å². The molecule has 4 heteroatoms. The predicted molar refractivity (Wildman–Crippen MR) is 66.0 cm³/mol. The molecule has 0 aliphatic carbocycles. The molecular weight excluding hydrogens is 204 g/mol. The maximum absolute atomic E-state index is 10.1. The van der Waals surface area contributed by atoms with E-state index in [1.54, 1.807) is 0 Å². The van der Waals surface area contributed by atoms with Crippen molar-refractivity contribution in [2.45, 2.75) is 13.3 Å². The highest BCUT2D eigenvalue weighted by atomic mass is 16.5. The summed E-state index contributed by atoms with van der Waals surface area (Å²) in [6.45, 7) is 7.61. The zero-order valence-electron chi connectivity index (χ0n) is 11.5. The van der Waals surface area contributed by atoms with Gasteiger partial charge >= 0.3 is 0 Å². The maximum atomic E-state index is 10.1. The molecule has 0 fully saturated rings. The Hall–Kier alpha value is -0.610. The molecule has 0 saturated heterocycles. The van der Waals surface area contributed by atoms with Crippen molar-refractivity contribution in [2.24, 2.45) is 0 Å². The fourth-order valence-electron chi connectivity index (χ4n) is 1.72. The SMILES string of the molecule is CCC[N+](C)(C)CC[N+](C)(C)CCOC=O. The van der Waals surface area contributed by atoms with Crippen LogP contribution >= 0.6 is 0 Å². The van der Waals surface area contributed by atoms with Crippen molar-refractivity contribution in [3.05, 3.63) is 0 Å². The quantitative estimate of drug-likeness (QED) is 0.333. The number of nitrogens with zero attached hydrogens (tertiary/aromatic N) is 2. The fraction of sp³-hybridized carbons (Fsp3) is 0.917. The Morgan fingerprint density at radius 1 is 0.938 bits per heavy atom. The van der Waals surface area contributed by atoms with E-state index >= 15 is 0 Å². The number of rotatable bonds is 9. The van der Waals surface area contributed by atoms with E-state index in [0.717, 1.165) is 28.6 Å². The van der Waals surface area contributed by atoms with Crippen LogP contribution in [-0.4, -0.2) is 76.4 Å². The zero-order chi connectivity index (χ0) is 12.7. The molecule has 0 aliphatic rings. The summed E-state index contributed by atoms with van der Waals surface area (Å²) in [5.41, 5.74) is 0. The molecule has 0 spiro atoms. The first kappa shape index (κ1) is 15.4. The molecule has 0 amide bonds. The summed E-state index contributed by atoms with van der Waals surface area (Å²) in [4.78, 5) is 10.1. The molecule has 0 aromatic heterocycles. The summed E-state index contributed by atoms with van der Waals surface area (Å²) < 4.78 is 6.71. The van der Waals surface area contributed by atoms with Gasteiger partial charge in [0.15, 0.2) is 0 Å². The van der Waals surface area contributed by atoms with Crippen molar-refractivity contribution in [3.8, 4) is 0 Å². The zero-order valence-corrected chi connectivity index (χ0v) is 11.5. The maximum Gasteiger partial charge on any atom is 0.293 e. The highest BCUT2D eigenvalue weighted by Gasteiger charge is 2.21. The molecule has 0 aliphatic heterocycles. The molecular formula is C12H28N2O2+2. The monoisotopic (exact) mass is 232 g/mol. The van der Waals surface area contributed by atoms with Crippen molar-refractivity contribution in [1.29, 1.82) is 0 Å². The van der Waals surface area contributed by atoms with Gasteiger partial charge in [0.05, 0.1) is 34.7 Å². The number of quaternary nitrogens is 2. The molecule has 0 aromatic carbocycles. The fourth-order valence-corrected chi connectivity index (χ4v) is 1.72. The van der Waals surface area contributed by atoms with E-state index in [0.29, 0.717) is 13.1 Å². The summed E-state index contributed by atoms with van der Waals surface area (Å²) in [7, 11) is 8.90. The lowest BCUT2D eigenvalue weighted by atomic mass is 10.3. The van der Waals surface area contributed by atoms with Gasteiger partial charge in [-0.25, -0.2) is 0 Å². The second-order valence-electron chi connectivity index (χ2n) is 5.73. The number of ether oxygens (including phenoxy) is 1. The van der Waals surface area contributed by atoms with Gasteiger partial charge < -0.3 is 13.7 Å². The van der Waals surface area contributed by atoms with Gasteiger partial charge in [-0.2, -0.15) is 0 Å². The molecule has 0 saturated carbocycles. The number of likely N-dealkylation sites (N-methyl/N-ethyl adjacent to an activating group) is 2. The molecule has 0 aromatic rings. The topological polar surface area (TPSA) is 26.3 Å². The molecule has 96 valence electrons. The standard InChI is InChI=1S/C12H28N2O2/c1-6-7-13(2,3)8-9-14(4,5)10-11-16-12-15/h12H,6-11H2,1-5H3/q+2. The average Bonchev–Trinajstić information content (AvgIpc) is 2.16. The Kier molecular flexibility index (Phi) is 6.60. The van der Waals surface area contributed by atoms with Crippen LogP contribution < -0.4 is 0 Å². The molecule has 16 heavy (non-hydrogen) atoms. The van der Waals surface area contributed by atoms with Gasteiger partial charge in [-0.05, 0) is 6.42 Å². The van der Waals surface area contributed by atoms with Crippen molar-refractivity contribution in [2.75, 3.05) is 61.0 Å². The molecule has 0 heterocycles. The van der Waals surface area contributed by atoms with Crippen LogP contribution in [-0.2, 0) is 9.53 Å². The second kappa shape index (κ2) is 6.86.